The molecule has 2 N–H and O–H groups in total. The van der Waals surface area contributed by atoms with E-state index in [1.807, 2.05) is 0 Å². The van der Waals surface area contributed by atoms with Crippen LogP contribution in [0.2, 0.25) is 0 Å². The molecule has 0 saturated heterocycles. The maximum Gasteiger partial charge on any atom is 0.309 e. The molecule has 1 aliphatic rings. The van der Waals surface area contributed by atoms with Gasteiger partial charge in [0.15, 0.2) is 0 Å². The topological polar surface area (TPSA) is 67.4 Å². The van der Waals surface area contributed by atoms with E-state index in [2.05, 4.69) is 10.6 Å². The first kappa shape index (κ1) is 15.4. The van der Waals surface area contributed by atoms with Gasteiger partial charge < -0.3 is 15.4 Å². The van der Waals surface area contributed by atoms with Crippen LogP contribution >= 0.6 is 0 Å². The molecule has 0 bridgehead atoms. The zero-order chi connectivity index (χ0) is 15.3. The van der Waals surface area contributed by atoms with Gasteiger partial charge in [0, 0.05) is 25.6 Å². The molecule has 0 spiro atoms. The zero-order valence-electron chi connectivity index (χ0n) is 11.9. The number of halogens is 1. The molecule has 0 aliphatic heterocycles. The molecular weight excluding hydrogens is 275 g/mol. The Kier molecular flexibility index (Phi) is 4.90. The van der Waals surface area contributed by atoms with E-state index in [0.717, 1.165) is 18.4 Å². The van der Waals surface area contributed by atoms with Crippen molar-refractivity contribution in [2.75, 3.05) is 26.8 Å². The molecule has 2 rings (SSSR count). The molecule has 21 heavy (non-hydrogen) atoms. The van der Waals surface area contributed by atoms with Crippen LogP contribution in [0.1, 0.15) is 18.4 Å². The second-order valence-electron chi connectivity index (χ2n) is 5.22. The van der Waals surface area contributed by atoms with Crippen molar-refractivity contribution in [2.24, 2.45) is 0 Å². The Balaban J connectivity index is 1.83. The molecule has 114 valence electrons. The van der Waals surface area contributed by atoms with E-state index in [0.29, 0.717) is 19.7 Å². The first-order chi connectivity index (χ1) is 10.1. The van der Waals surface area contributed by atoms with Gasteiger partial charge in [-0.1, -0.05) is 12.1 Å². The number of hydrogen-bond acceptors (Lipinski definition) is 3. The molecule has 2 amide bonds. The predicted octanol–water partition coefficient (Wildman–Crippen LogP) is 0.736. The molecule has 6 heteroatoms. The number of benzene rings is 1. The fraction of sp³-hybridized carbons (Fsp3) is 0.467. The molecule has 1 aromatic rings. The van der Waals surface area contributed by atoms with E-state index < -0.39 is 11.8 Å². The lowest BCUT2D eigenvalue weighted by Crippen LogP contribution is -2.43. The van der Waals surface area contributed by atoms with Crippen molar-refractivity contribution in [3.05, 3.63) is 35.6 Å². The van der Waals surface area contributed by atoms with Gasteiger partial charge in [-0.15, -0.1) is 0 Å². The van der Waals surface area contributed by atoms with Crippen molar-refractivity contribution in [2.45, 2.75) is 18.3 Å². The summed E-state index contributed by atoms with van der Waals surface area (Å²) < 4.78 is 17.7. The number of rotatable bonds is 6. The molecule has 0 unspecified atom stereocenters. The maximum absolute atomic E-state index is 12.9. The number of carbonyl (C=O) groups is 2. The number of amides is 2. The van der Waals surface area contributed by atoms with Crippen LogP contribution < -0.4 is 10.6 Å². The van der Waals surface area contributed by atoms with Crippen molar-refractivity contribution >= 4 is 11.8 Å². The summed E-state index contributed by atoms with van der Waals surface area (Å²) in [5, 5.41) is 5.10. The van der Waals surface area contributed by atoms with Crippen LogP contribution in [0.4, 0.5) is 4.39 Å². The second kappa shape index (κ2) is 6.67. The van der Waals surface area contributed by atoms with Crippen molar-refractivity contribution in [1.29, 1.82) is 0 Å². The highest BCUT2D eigenvalue weighted by Gasteiger charge is 2.44. The first-order valence-electron chi connectivity index (χ1n) is 6.88. The molecule has 0 heterocycles. The van der Waals surface area contributed by atoms with Crippen LogP contribution in [0, 0.1) is 5.82 Å². The summed E-state index contributed by atoms with van der Waals surface area (Å²) in [7, 11) is 1.52. The van der Waals surface area contributed by atoms with Crippen LogP contribution in [-0.2, 0) is 19.7 Å². The lowest BCUT2D eigenvalue weighted by atomic mass is 9.96. The fourth-order valence-electron chi connectivity index (χ4n) is 2.20. The quantitative estimate of drug-likeness (QED) is 0.600. The number of carbonyl (C=O) groups excluding carboxylic acids is 2. The van der Waals surface area contributed by atoms with Gasteiger partial charge in [0.2, 0.25) is 0 Å². The summed E-state index contributed by atoms with van der Waals surface area (Å²) in [5.41, 5.74) is 0.833. The van der Waals surface area contributed by atoms with E-state index in [9.17, 15) is 14.0 Å². The van der Waals surface area contributed by atoms with Crippen molar-refractivity contribution in [1.82, 2.24) is 10.6 Å². The van der Waals surface area contributed by atoms with Crippen LogP contribution in [0.15, 0.2) is 24.3 Å². The largest absolute Gasteiger partial charge is 0.383 e. The van der Waals surface area contributed by atoms with Crippen LogP contribution in [0.3, 0.4) is 0 Å². The van der Waals surface area contributed by atoms with E-state index in [-0.39, 0.29) is 11.2 Å². The third kappa shape index (κ3) is 4.01. The second-order valence-corrected chi connectivity index (χ2v) is 5.22. The number of methoxy groups -OCH3 is 1. The number of hydrogen-bond donors (Lipinski definition) is 2. The van der Waals surface area contributed by atoms with Crippen molar-refractivity contribution in [3.8, 4) is 0 Å². The Morgan fingerprint density at radius 2 is 1.81 bits per heavy atom. The average molecular weight is 294 g/mol. The summed E-state index contributed by atoms with van der Waals surface area (Å²) in [6.07, 6.45) is 1.84. The Labute approximate surface area is 122 Å². The zero-order valence-corrected chi connectivity index (χ0v) is 11.9. The molecule has 0 aromatic heterocycles. The first-order valence-corrected chi connectivity index (χ1v) is 6.88. The molecule has 0 radical (unpaired) electrons. The van der Waals surface area contributed by atoms with Gasteiger partial charge in [0.25, 0.3) is 0 Å². The minimum absolute atomic E-state index is 0.157. The van der Waals surface area contributed by atoms with Gasteiger partial charge in [-0.05, 0) is 30.5 Å². The minimum atomic E-state index is -0.665. The van der Waals surface area contributed by atoms with E-state index in [1.54, 1.807) is 12.1 Å². The summed E-state index contributed by atoms with van der Waals surface area (Å²) in [6.45, 7) is 1.04. The van der Waals surface area contributed by atoms with Crippen LogP contribution in [0.25, 0.3) is 0 Å². The lowest BCUT2D eigenvalue weighted by molar-refractivity contribution is -0.139. The van der Waals surface area contributed by atoms with Gasteiger partial charge in [0.1, 0.15) is 5.82 Å². The lowest BCUT2D eigenvalue weighted by Gasteiger charge is -2.16. The SMILES string of the molecule is COCCNC(=O)C(=O)NCC1(c2ccc(F)cc2)CC1. The highest BCUT2D eigenvalue weighted by atomic mass is 19.1. The molecule has 1 aliphatic carbocycles. The summed E-state index contributed by atoms with van der Waals surface area (Å²) >= 11 is 0. The highest BCUT2D eigenvalue weighted by molar-refractivity contribution is 6.35. The Morgan fingerprint density at radius 3 is 2.38 bits per heavy atom. The Bertz CT molecular complexity index is 512. The molecular formula is C15H19FN2O3. The average Bonchev–Trinajstić information content (AvgIpc) is 3.27. The number of ether oxygens (including phenoxy) is 1. The van der Waals surface area contributed by atoms with Gasteiger partial charge in [-0.2, -0.15) is 0 Å². The van der Waals surface area contributed by atoms with E-state index in [4.69, 9.17) is 4.74 Å². The molecule has 1 fully saturated rings. The molecule has 1 saturated carbocycles. The molecule has 1 aromatic carbocycles. The van der Waals surface area contributed by atoms with Crippen LogP contribution in [-0.4, -0.2) is 38.6 Å². The van der Waals surface area contributed by atoms with Gasteiger partial charge >= 0.3 is 11.8 Å². The Hall–Kier alpha value is -1.95. The molecule has 0 atom stereocenters. The van der Waals surface area contributed by atoms with Gasteiger partial charge in [-0.25, -0.2) is 4.39 Å². The fourth-order valence-corrected chi connectivity index (χ4v) is 2.20. The summed E-state index contributed by atoms with van der Waals surface area (Å²) in [6, 6.07) is 6.28. The monoisotopic (exact) mass is 294 g/mol. The van der Waals surface area contributed by atoms with Crippen molar-refractivity contribution in [3.63, 3.8) is 0 Å². The summed E-state index contributed by atoms with van der Waals surface area (Å²) in [4.78, 5) is 23.2. The third-order valence-corrected chi connectivity index (χ3v) is 3.70. The molecule has 5 nitrogen and oxygen atoms in total. The van der Waals surface area contributed by atoms with Gasteiger partial charge in [-0.3, -0.25) is 9.59 Å². The number of nitrogens with one attached hydrogen (secondary N) is 2. The standard InChI is InChI=1S/C15H19FN2O3/c1-21-9-8-17-13(19)14(20)18-10-15(6-7-15)11-2-4-12(16)5-3-11/h2-5H,6-10H2,1H3,(H,17,19)(H,18,20). The smallest absolute Gasteiger partial charge is 0.309 e. The maximum atomic E-state index is 12.9. The summed E-state index contributed by atoms with van der Waals surface area (Å²) in [5.74, 6) is -1.60. The highest BCUT2D eigenvalue weighted by Crippen LogP contribution is 2.47. The normalized spacial score (nSPS) is 15.3. The minimum Gasteiger partial charge on any atom is -0.383 e. The van der Waals surface area contributed by atoms with E-state index >= 15 is 0 Å². The van der Waals surface area contributed by atoms with Crippen molar-refractivity contribution < 1.29 is 18.7 Å². The Morgan fingerprint density at radius 1 is 1.19 bits per heavy atom. The van der Waals surface area contributed by atoms with Gasteiger partial charge in [0.05, 0.1) is 6.61 Å². The van der Waals surface area contributed by atoms with Crippen LogP contribution in [0.5, 0.6) is 0 Å². The third-order valence-electron chi connectivity index (χ3n) is 3.70. The predicted molar refractivity (Wildman–Crippen MR) is 75.2 cm³/mol. The van der Waals surface area contributed by atoms with E-state index in [1.165, 1.54) is 19.2 Å².